The molecule has 0 unspecified atom stereocenters. The highest BCUT2D eigenvalue weighted by molar-refractivity contribution is 7.99. The first-order valence-electron chi connectivity index (χ1n) is 4.08. The summed E-state index contributed by atoms with van der Waals surface area (Å²) in [5, 5.41) is 1.57. The van der Waals surface area contributed by atoms with Gasteiger partial charge in [-0.2, -0.15) is 0 Å². The Labute approximate surface area is 90.1 Å². The highest BCUT2D eigenvalue weighted by atomic mass is 32.2. The minimum Gasteiger partial charge on any atom is -0.390 e. The lowest BCUT2D eigenvalue weighted by Crippen LogP contribution is -1.85. The molecule has 0 atom stereocenters. The number of anilines is 1. The third-order valence-electron chi connectivity index (χ3n) is 2.08. The van der Waals surface area contributed by atoms with Crippen LogP contribution in [-0.4, -0.2) is 12.5 Å². The molecule has 14 heavy (non-hydrogen) atoms. The fraction of sp³-hybridized carbons (Fsp3) is 0.100. The summed E-state index contributed by atoms with van der Waals surface area (Å²) in [7, 11) is 0. The highest BCUT2D eigenvalue weighted by Gasteiger charge is 2.10. The summed E-state index contributed by atoms with van der Waals surface area (Å²) in [4.78, 5) is 12.0. The number of fused-ring (bicyclic) bond motifs is 1. The largest absolute Gasteiger partial charge is 0.390 e. The molecular weight excluding hydrogens is 214 g/mol. The van der Waals surface area contributed by atoms with Gasteiger partial charge in [0.15, 0.2) is 6.29 Å². The molecule has 4 heteroatoms. The fourth-order valence-corrected chi connectivity index (χ4v) is 3.24. The number of carbonyl (C=O) groups excluding carboxylic acids is 1. The van der Waals surface area contributed by atoms with Crippen molar-refractivity contribution in [1.82, 2.24) is 0 Å². The van der Waals surface area contributed by atoms with Gasteiger partial charge in [0, 0.05) is 10.3 Å². The van der Waals surface area contributed by atoms with Crippen molar-refractivity contribution in [3.8, 4) is 0 Å². The van der Waals surface area contributed by atoms with Gasteiger partial charge in [0.25, 0.3) is 0 Å². The van der Waals surface area contributed by atoms with E-state index < -0.39 is 0 Å². The van der Waals surface area contributed by atoms with Gasteiger partial charge in [0.05, 0.1) is 15.3 Å². The van der Waals surface area contributed by atoms with Gasteiger partial charge in [-0.1, -0.05) is 12.1 Å². The van der Waals surface area contributed by atoms with E-state index in [1.165, 1.54) is 16.2 Å². The van der Waals surface area contributed by atoms with Crippen LogP contribution in [-0.2, 0) is 0 Å². The van der Waals surface area contributed by atoms with Crippen LogP contribution >= 0.6 is 23.1 Å². The molecule has 0 bridgehead atoms. The molecule has 72 valence electrons. The molecule has 0 aliphatic rings. The third-order valence-corrected chi connectivity index (χ3v) is 4.08. The molecular formula is C10H9NOS2. The summed E-state index contributed by atoms with van der Waals surface area (Å²) in [5.74, 6) is 0. The quantitative estimate of drug-likeness (QED) is 0.628. The molecule has 0 radical (unpaired) electrons. The highest BCUT2D eigenvalue weighted by Crippen LogP contribution is 2.37. The lowest BCUT2D eigenvalue weighted by molar-refractivity contribution is 0.112. The number of hydrogen-bond acceptors (Lipinski definition) is 4. The van der Waals surface area contributed by atoms with Gasteiger partial charge in [-0.25, -0.2) is 0 Å². The molecule has 2 N–H and O–H groups in total. The number of thiophene rings is 1. The van der Waals surface area contributed by atoms with Crippen molar-refractivity contribution in [1.29, 1.82) is 0 Å². The molecule has 2 aromatic rings. The van der Waals surface area contributed by atoms with Gasteiger partial charge in [-0.15, -0.1) is 23.1 Å². The number of thioether (sulfide) groups is 1. The van der Waals surface area contributed by atoms with E-state index >= 15 is 0 Å². The fourth-order valence-electron chi connectivity index (χ4n) is 1.41. The molecule has 2 rings (SSSR count). The van der Waals surface area contributed by atoms with Crippen molar-refractivity contribution in [2.75, 3.05) is 12.0 Å². The van der Waals surface area contributed by atoms with Gasteiger partial charge in [0.1, 0.15) is 0 Å². The molecule has 1 aromatic carbocycles. The molecule has 2 nitrogen and oxygen atoms in total. The van der Waals surface area contributed by atoms with Crippen LogP contribution in [0.1, 0.15) is 10.4 Å². The number of benzene rings is 1. The number of carbonyl (C=O) groups is 1. The molecule has 0 amide bonds. The van der Waals surface area contributed by atoms with Gasteiger partial charge in [0.2, 0.25) is 0 Å². The van der Waals surface area contributed by atoms with Gasteiger partial charge in [-0.3, -0.25) is 4.79 Å². The Hall–Kier alpha value is -1.00. The number of nitrogen functional groups attached to an aromatic ring is 1. The van der Waals surface area contributed by atoms with E-state index in [0.29, 0.717) is 10.6 Å². The zero-order valence-electron chi connectivity index (χ0n) is 7.61. The molecule has 0 spiro atoms. The van der Waals surface area contributed by atoms with Gasteiger partial charge >= 0.3 is 0 Å². The van der Waals surface area contributed by atoms with Crippen molar-refractivity contribution in [2.24, 2.45) is 0 Å². The average Bonchev–Trinajstić information content (AvgIpc) is 2.52. The van der Waals surface area contributed by atoms with Crippen LogP contribution in [0.5, 0.6) is 0 Å². The monoisotopic (exact) mass is 223 g/mol. The summed E-state index contributed by atoms with van der Waals surface area (Å²) in [6, 6.07) is 5.93. The van der Waals surface area contributed by atoms with Crippen molar-refractivity contribution in [3.63, 3.8) is 0 Å². The first kappa shape index (κ1) is 9.55. The zero-order valence-corrected chi connectivity index (χ0v) is 9.24. The predicted octanol–water partition coefficient (Wildman–Crippen LogP) is 3.02. The minimum atomic E-state index is 0.608. The van der Waals surface area contributed by atoms with Gasteiger partial charge in [-0.05, 0) is 12.3 Å². The van der Waals surface area contributed by atoms with Crippen molar-refractivity contribution >= 4 is 44.5 Å². The summed E-state index contributed by atoms with van der Waals surface area (Å²) in [5.41, 5.74) is 6.39. The van der Waals surface area contributed by atoms with E-state index in [-0.39, 0.29) is 0 Å². The first-order chi connectivity index (χ1) is 6.77. The van der Waals surface area contributed by atoms with Crippen LogP contribution in [0.3, 0.4) is 0 Å². The van der Waals surface area contributed by atoms with Crippen LogP contribution in [0.25, 0.3) is 10.1 Å². The van der Waals surface area contributed by atoms with E-state index in [0.717, 1.165) is 16.4 Å². The Morgan fingerprint density at radius 1 is 1.50 bits per heavy atom. The number of rotatable bonds is 2. The standard InChI is InChI=1S/C10H9NOS2/c1-13-8-4-2-3-6-7(5-12)10(11)14-9(6)8/h2-5H,11H2,1H3. The Kier molecular flexibility index (Phi) is 2.48. The number of hydrogen-bond donors (Lipinski definition) is 1. The summed E-state index contributed by atoms with van der Waals surface area (Å²) < 4.78 is 1.11. The summed E-state index contributed by atoms with van der Waals surface area (Å²) in [6.07, 6.45) is 2.85. The third kappa shape index (κ3) is 1.31. The second kappa shape index (κ2) is 3.63. The first-order valence-corrected chi connectivity index (χ1v) is 6.12. The van der Waals surface area contributed by atoms with Crippen LogP contribution in [0, 0.1) is 0 Å². The van der Waals surface area contributed by atoms with Crippen LogP contribution in [0.15, 0.2) is 23.1 Å². The maximum atomic E-state index is 10.8. The second-order valence-electron chi connectivity index (χ2n) is 2.83. The SMILES string of the molecule is CSc1cccc2c(C=O)c(N)sc12. The Balaban J connectivity index is 2.85. The van der Waals surface area contributed by atoms with Crippen LogP contribution in [0.4, 0.5) is 5.00 Å². The maximum absolute atomic E-state index is 10.8. The van der Waals surface area contributed by atoms with Crippen molar-refractivity contribution < 1.29 is 4.79 Å². The normalized spacial score (nSPS) is 10.6. The lowest BCUT2D eigenvalue weighted by Gasteiger charge is -1.96. The minimum absolute atomic E-state index is 0.608. The number of nitrogens with two attached hydrogens (primary N) is 1. The zero-order chi connectivity index (χ0) is 10.1. The van der Waals surface area contributed by atoms with E-state index in [1.807, 2.05) is 24.5 Å². The Morgan fingerprint density at radius 3 is 2.93 bits per heavy atom. The molecule has 0 saturated heterocycles. The maximum Gasteiger partial charge on any atom is 0.153 e. The molecule has 1 aromatic heterocycles. The lowest BCUT2D eigenvalue weighted by atomic mass is 10.2. The topological polar surface area (TPSA) is 43.1 Å². The van der Waals surface area contributed by atoms with Crippen LogP contribution < -0.4 is 5.73 Å². The molecule has 1 heterocycles. The predicted molar refractivity (Wildman–Crippen MR) is 63.4 cm³/mol. The van der Waals surface area contributed by atoms with E-state index in [9.17, 15) is 4.79 Å². The average molecular weight is 223 g/mol. The van der Waals surface area contributed by atoms with Crippen LogP contribution in [0.2, 0.25) is 0 Å². The van der Waals surface area contributed by atoms with E-state index in [4.69, 9.17) is 5.73 Å². The van der Waals surface area contributed by atoms with Gasteiger partial charge < -0.3 is 5.73 Å². The van der Waals surface area contributed by atoms with Crippen molar-refractivity contribution in [2.45, 2.75) is 4.90 Å². The Morgan fingerprint density at radius 2 is 2.29 bits per heavy atom. The summed E-state index contributed by atoms with van der Waals surface area (Å²) >= 11 is 3.15. The molecule has 0 saturated carbocycles. The molecule has 0 aliphatic heterocycles. The molecule has 0 fully saturated rings. The van der Waals surface area contributed by atoms with E-state index in [1.54, 1.807) is 11.8 Å². The van der Waals surface area contributed by atoms with Crippen molar-refractivity contribution in [3.05, 3.63) is 23.8 Å². The smallest absolute Gasteiger partial charge is 0.153 e. The Bertz CT molecular complexity index is 490. The second-order valence-corrected chi connectivity index (χ2v) is 4.74. The summed E-state index contributed by atoms with van der Waals surface area (Å²) in [6.45, 7) is 0. The molecule has 0 aliphatic carbocycles. The number of aldehydes is 1. The van der Waals surface area contributed by atoms with E-state index in [2.05, 4.69) is 0 Å².